The van der Waals surface area contributed by atoms with E-state index in [4.69, 9.17) is 9.47 Å². The summed E-state index contributed by atoms with van der Waals surface area (Å²) in [5.41, 5.74) is 2.27. The topological polar surface area (TPSA) is 119 Å². The number of anilines is 1. The smallest absolute Gasteiger partial charge is 0.349 e. The number of benzene rings is 3. The van der Waals surface area contributed by atoms with Crippen LogP contribution >= 0.6 is 15.9 Å². The molecule has 2 N–H and O–H groups in total. The highest BCUT2D eigenvalue weighted by molar-refractivity contribution is 9.10. The van der Waals surface area contributed by atoms with Gasteiger partial charge in [0.1, 0.15) is 0 Å². The van der Waals surface area contributed by atoms with Crippen molar-refractivity contribution in [3.63, 3.8) is 0 Å². The number of carbonyl (C=O) groups is 4. The molecule has 0 unspecified atom stereocenters. The van der Waals surface area contributed by atoms with Crippen molar-refractivity contribution in [1.82, 2.24) is 0 Å². The molecule has 0 aliphatic rings. The lowest BCUT2D eigenvalue weighted by molar-refractivity contribution is -0.157. The Hall–Kier alpha value is -3.98. The quantitative estimate of drug-likeness (QED) is 0.403. The molecule has 1 amide bonds. The average molecular weight is 540 g/mol. The summed E-state index contributed by atoms with van der Waals surface area (Å²) in [6.45, 7) is 3.65. The summed E-state index contributed by atoms with van der Waals surface area (Å²) in [4.78, 5) is 50.6. The highest BCUT2D eigenvalue weighted by atomic mass is 79.9. The zero-order valence-electron chi connectivity index (χ0n) is 18.9. The third-order valence-electron chi connectivity index (χ3n) is 4.91. The summed E-state index contributed by atoms with van der Waals surface area (Å²) in [5, 5.41) is 12.3. The molecule has 0 heterocycles. The van der Waals surface area contributed by atoms with Crippen molar-refractivity contribution < 1.29 is 33.8 Å². The molecule has 0 aromatic heterocycles. The molecule has 0 spiro atoms. The van der Waals surface area contributed by atoms with Crippen LogP contribution in [0, 0.1) is 13.8 Å². The van der Waals surface area contributed by atoms with Crippen molar-refractivity contribution in [3.05, 3.63) is 99.5 Å². The molecule has 180 valence electrons. The van der Waals surface area contributed by atoms with Crippen molar-refractivity contribution in [2.24, 2.45) is 0 Å². The van der Waals surface area contributed by atoms with Crippen molar-refractivity contribution in [3.8, 4) is 0 Å². The number of carboxylic acid groups (broad SMARTS) is 1. The Morgan fingerprint density at radius 2 is 1.26 bits per heavy atom. The number of hydrogen-bond donors (Lipinski definition) is 2. The fraction of sp³-hybridized carbons (Fsp3) is 0.154. The van der Waals surface area contributed by atoms with Gasteiger partial charge in [-0.15, -0.1) is 0 Å². The van der Waals surface area contributed by atoms with Gasteiger partial charge in [0.2, 0.25) is 12.2 Å². The van der Waals surface area contributed by atoms with E-state index >= 15 is 0 Å². The van der Waals surface area contributed by atoms with Gasteiger partial charge in [0.05, 0.1) is 11.1 Å². The van der Waals surface area contributed by atoms with E-state index in [1.54, 1.807) is 48.5 Å². The molecule has 3 rings (SSSR count). The zero-order chi connectivity index (χ0) is 25.5. The second-order valence-corrected chi connectivity index (χ2v) is 8.64. The van der Waals surface area contributed by atoms with Gasteiger partial charge in [-0.2, -0.15) is 0 Å². The maximum atomic E-state index is 13.1. The van der Waals surface area contributed by atoms with Crippen LogP contribution in [0.5, 0.6) is 0 Å². The maximum absolute atomic E-state index is 13.1. The van der Waals surface area contributed by atoms with E-state index in [9.17, 15) is 24.3 Å². The molecule has 0 saturated heterocycles. The minimum absolute atomic E-state index is 0.0814. The fourth-order valence-corrected chi connectivity index (χ4v) is 3.42. The molecule has 0 saturated carbocycles. The van der Waals surface area contributed by atoms with Gasteiger partial charge in [0.15, 0.2) is 0 Å². The minimum atomic E-state index is -2.11. The number of esters is 2. The lowest BCUT2D eigenvalue weighted by Crippen LogP contribution is -2.48. The van der Waals surface area contributed by atoms with Gasteiger partial charge in [-0.3, -0.25) is 4.79 Å². The second kappa shape index (κ2) is 11.4. The van der Waals surface area contributed by atoms with Gasteiger partial charge in [0.25, 0.3) is 5.91 Å². The SMILES string of the molecule is Cc1ccc(C(=O)O[C@H](C(=O)O)[C@@H](OC(=O)c2ccc(C)cc2)C(=O)Nc2cccc(Br)c2)cc1. The van der Waals surface area contributed by atoms with Crippen molar-refractivity contribution in [2.75, 3.05) is 5.32 Å². The minimum Gasteiger partial charge on any atom is -0.478 e. The summed E-state index contributed by atoms with van der Waals surface area (Å²) >= 11 is 3.28. The third kappa shape index (κ3) is 7.00. The first-order chi connectivity index (χ1) is 16.6. The summed E-state index contributed by atoms with van der Waals surface area (Å²) < 4.78 is 11.1. The van der Waals surface area contributed by atoms with Gasteiger partial charge < -0.3 is 19.9 Å². The molecule has 0 radical (unpaired) electrons. The number of ether oxygens (including phenoxy) is 2. The largest absolute Gasteiger partial charge is 0.478 e. The van der Waals surface area contributed by atoms with Crippen LogP contribution in [0.2, 0.25) is 0 Å². The summed E-state index contributed by atoms with van der Waals surface area (Å²) in [6.07, 6.45) is -4.08. The van der Waals surface area contributed by atoms with Crippen LogP contribution in [0.25, 0.3) is 0 Å². The lowest BCUT2D eigenvalue weighted by Gasteiger charge is -2.23. The van der Waals surface area contributed by atoms with E-state index < -0.39 is 36.0 Å². The maximum Gasteiger partial charge on any atom is 0.349 e. The number of halogens is 1. The Morgan fingerprint density at radius 1 is 0.771 bits per heavy atom. The molecule has 0 bridgehead atoms. The predicted octanol–water partition coefficient (Wildman–Crippen LogP) is 4.54. The number of nitrogens with one attached hydrogen (secondary N) is 1. The number of aliphatic carboxylic acids is 1. The van der Waals surface area contributed by atoms with Crippen LogP contribution in [0.4, 0.5) is 5.69 Å². The molecule has 3 aromatic carbocycles. The molecule has 0 fully saturated rings. The van der Waals surface area contributed by atoms with E-state index in [1.807, 2.05) is 13.8 Å². The van der Waals surface area contributed by atoms with Gasteiger partial charge >= 0.3 is 17.9 Å². The van der Waals surface area contributed by atoms with Crippen LogP contribution in [-0.4, -0.2) is 41.1 Å². The zero-order valence-corrected chi connectivity index (χ0v) is 20.4. The standard InChI is InChI=1S/C26H22BrNO7/c1-15-6-10-17(11-7-15)25(32)34-21(23(29)28-20-5-3-4-19(27)14-20)22(24(30)31)35-26(33)18-12-8-16(2)9-13-18/h3-14,21-22H,1-2H3,(H,28,29)(H,30,31)/t21-,22+/m1/s1. The van der Waals surface area contributed by atoms with E-state index in [-0.39, 0.29) is 11.1 Å². The van der Waals surface area contributed by atoms with Crippen molar-refractivity contribution in [2.45, 2.75) is 26.1 Å². The third-order valence-corrected chi connectivity index (χ3v) is 5.40. The van der Waals surface area contributed by atoms with E-state index in [2.05, 4.69) is 21.2 Å². The molecule has 3 aromatic rings. The first-order valence-corrected chi connectivity index (χ1v) is 11.3. The first kappa shape index (κ1) is 25.6. The Kier molecular flexibility index (Phi) is 8.38. The highest BCUT2D eigenvalue weighted by Crippen LogP contribution is 2.19. The summed E-state index contributed by atoms with van der Waals surface area (Å²) in [7, 11) is 0. The van der Waals surface area contributed by atoms with Gasteiger partial charge in [0, 0.05) is 10.2 Å². The number of hydrogen-bond acceptors (Lipinski definition) is 6. The summed E-state index contributed by atoms with van der Waals surface area (Å²) in [6, 6.07) is 19.1. The van der Waals surface area contributed by atoms with E-state index in [1.165, 1.54) is 24.3 Å². The predicted molar refractivity (Wildman–Crippen MR) is 131 cm³/mol. The molecule has 35 heavy (non-hydrogen) atoms. The number of carbonyl (C=O) groups excluding carboxylic acids is 3. The van der Waals surface area contributed by atoms with Crippen LogP contribution in [0.3, 0.4) is 0 Å². The van der Waals surface area contributed by atoms with Crippen LogP contribution in [0.15, 0.2) is 77.3 Å². The monoisotopic (exact) mass is 539 g/mol. The van der Waals surface area contributed by atoms with Crippen molar-refractivity contribution in [1.29, 1.82) is 0 Å². The van der Waals surface area contributed by atoms with Gasteiger partial charge in [-0.1, -0.05) is 57.4 Å². The molecule has 2 atom stereocenters. The van der Waals surface area contributed by atoms with E-state index in [0.717, 1.165) is 11.1 Å². The summed E-state index contributed by atoms with van der Waals surface area (Å²) in [5.74, 6) is -4.56. The second-order valence-electron chi connectivity index (χ2n) is 7.72. The number of amides is 1. The molecular weight excluding hydrogens is 518 g/mol. The molecule has 8 nitrogen and oxygen atoms in total. The van der Waals surface area contributed by atoms with Crippen LogP contribution < -0.4 is 5.32 Å². The average Bonchev–Trinajstić information content (AvgIpc) is 2.81. The van der Waals surface area contributed by atoms with Crippen LogP contribution in [0.1, 0.15) is 31.8 Å². The molecular formula is C26H22BrNO7. The van der Waals surface area contributed by atoms with Gasteiger partial charge in [-0.25, -0.2) is 14.4 Å². The first-order valence-electron chi connectivity index (χ1n) is 10.5. The molecule has 0 aliphatic carbocycles. The Balaban J connectivity index is 1.90. The lowest BCUT2D eigenvalue weighted by atomic mass is 10.1. The van der Waals surface area contributed by atoms with Gasteiger partial charge in [-0.05, 0) is 56.3 Å². The molecule has 9 heteroatoms. The van der Waals surface area contributed by atoms with E-state index in [0.29, 0.717) is 10.2 Å². The molecule has 0 aliphatic heterocycles. The normalized spacial score (nSPS) is 12.2. The van der Waals surface area contributed by atoms with Crippen molar-refractivity contribution >= 4 is 45.4 Å². The number of aryl methyl sites for hydroxylation is 2. The Labute approximate surface area is 210 Å². The van der Waals surface area contributed by atoms with Crippen LogP contribution in [-0.2, 0) is 19.1 Å². The Morgan fingerprint density at radius 3 is 1.71 bits per heavy atom. The fourth-order valence-electron chi connectivity index (χ4n) is 3.02. The Bertz CT molecular complexity index is 1240. The number of carboxylic acids is 1. The number of rotatable bonds is 8. The highest BCUT2D eigenvalue weighted by Gasteiger charge is 2.41.